The number of pyridine rings is 1. The van der Waals surface area contributed by atoms with E-state index in [-0.39, 0.29) is 18.4 Å². The van der Waals surface area contributed by atoms with Gasteiger partial charge in [0.05, 0.1) is 24.3 Å². The molecule has 3 rings (SSSR count). The molecule has 0 bridgehead atoms. The fraction of sp³-hybridized carbons (Fsp3) is 0.500. The van der Waals surface area contributed by atoms with Gasteiger partial charge in [-0.2, -0.15) is 39.5 Å². The number of imidazole rings is 1. The molecule has 0 aromatic carbocycles. The van der Waals surface area contributed by atoms with Crippen molar-refractivity contribution in [1.29, 1.82) is 0 Å². The first-order chi connectivity index (χ1) is 20.9. The van der Waals surface area contributed by atoms with E-state index in [1.165, 1.54) is 5.69 Å². The van der Waals surface area contributed by atoms with Gasteiger partial charge in [0.25, 0.3) is 0 Å². The predicted molar refractivity (Wildman–Crippen MR) is 135 cm³/mol. The molecule has 0 saturated carbocycles. The monoisotopic (exact) mass is 685 g/mol. The van der Waals surface area contributed by atoms with Crippen LogP contribution in [0.2, 0.25) is 0 Å². The number of aromatic nitrogens is 3. The van der Waals surface area contributed by atoms with E-state index >= 15 is 0 Å². The minimum atomic E-state index is -5.08. The first kappa shape index (κ1) is 41.5. The number of hydrogen-bond acceptors (Lipinski definition) is 8. The van der Waals surface area contributed by atoms with Gasteiger partial charge in [0.2, 0.25) is 5.91 Å². The number of fused-ring (bicyclic) bond motifs is 1. The van der Waals surface area contributed by atoms with E-state index in [0.29, 0.717) is 6.61 Å². The summed E-state index contributed by atoms with van der Waals surface area (Å²) in [6, 6.07) is 5.97. The van der Waals surface area contributed by atoms with Gasteiger partial charge in [-0.1, -0.05) is 6.07 Å². The number of ether oxygens (including phenoxy) is 1. The Morgan fingerprint density at radius 2 is 1.37 bits per heavy atom. The van der Waals surface area contributed by atoms with Crippen LogP contribution >= 0.6 is 0 Å². The molecule has 0 aliphatic carbocycles. The Labute approximate surface area is 253 Å². The largest absolute Gasteiger partial charge is 0.490 e. The first-order valence-electron chi connectivity index (χ1n) is 12.2. The zero-order valence-electron chi connectivity index (χ0n) is 24.0. The van der Waals surface area contributed by atoms with E-state index in [0.717, 1.165) is 31.0 Å². The molecule has 2 aromatic rings. The zero-order chi connectivity index (χ0) is 36.0. The Bertz CT molecular complexity index is 1230. The molecule has 46 heavy (non-hydrogen) atoms. The third-order valence-electron chi connectivity index (χ3n) is 5.18. The Morgan fingerprint density at radius 1 is 0.891 bits per heavy atom. The summed E-state index contributed by atoms with van der Waals surface area (Å²) in [6.07, 6.45) is -11.6. The number of rotatable bonds is 6. The quantitative estimate of drug-likeness (QED) is 0.382. The lowest BCUT2D eigenvalue weighted by molar-refractivity contribution is -0.193. The number of amides is 1. The Hall–Kier alpha value is -4.47. The predicted octanol–water partition coefficient (Wildman–Crippen LogP) is 2.92. The third kappa shape index (κ3) is 16.0. The Kier molecular flexibility index (Phi) is 16.1. The molecule has 1 amide bonds. The van der Waals surface area contributed by atoms with Crippen LogP contribution in [0.25, 0.3) is 0 Å². The summed E-state index contributed by atoms with van der Waals surface area (Å²) in [5, 5.41) is 21.4. The number of halogens is 9. The van der Waals surface area contributed by atoms with E-state index < -0.39 is 36.4 Å². The van der Waals surface area contributed by atoms with Gasteiger partial charge in [0, 0.05) is 58.6 Å². The normalized spacial score (nSPS) is 14.6. The maximum absolute atomic E-state index is 11.7. The van der Waals surface area contributed by atoms with Crippen molar-refractivity contribution in [3.8, 4) is 0 Å². The molecule has 1 aliphatic rings. The van der Waals surface area contributed by atoms with Crippen LogP contribution in [0.3, 0.4) is 0 Å². The molecule has 1 aliphatic heterocycles. The first-order valence-corrected chi connectivity index (χ1v) is 12.2. The summed E-state index contributed by atoms with van der Waals surface area (Å²) in [6.45, 7) is 3.06. The number of carboxylic acids is 3. The molecule has 0 fully saturated rings. The smallest absolute Gasteiger partial charge is 0.475 e. The van der Waals surface area contributed by atoms with E-state index in [1.54, 1.807) is 19.0 Å². The topological polar surface area (TPSA) is 175 Å². The maximum atomic E-state index is 11.7. The lowest BCUT2D eigenvalue weighted by Gasteiger charge is -2.32. The summed E-state index contributed by atoms with van der Waals surface area (Å²) >= 11 is 0. The number of carbonyl (C=O) groups is 4. The van der Waals surface area contributed by atoms with Gasteiger partial charge < -0.3 is 29.5 Å². The molecule has 0 saturated heterocycles. The number of carboxylic acid groups (broad SMARTS) is 3. The van der Waals surface area contributed by atoms with Crippen LogP contribution in [0.5, 0.6) is 0 Å². The molecular weight excluding hydrogens is 657 g/mol. The van der Waals surface area contributed by atoms with Crippen molar-refractivity contribution in [2.24, 2.45) is 7.05 Å². The van der Waals surface area contributed by atoms with Crippen molar-refractivity contribution in [3.05, 3.63) is 47.8 Å². The summed E-state index contributed by atoms with van der Waals surface area (Å²) in [4.78, 5) is 51.2. The van der Waals surface area contributed by atoms with Gasteiger partial charge in [-0.05, 0) is 12.1 Å². The standard InChI is InChI=1S/C18H25N5O2.3C2HF3O2/c1-21(2)17(24)12-25-11-14-8-23(9-15-6-4-5-7-19-15)10-16-18(14)22(3)13-20-16;3*3-2(4,5)1(6)7/h4-7,13-14H,8-12H2,1-3H3;3*(H,6,7). The van der Waals surface area contributed by atoms with Gasteiger partial charge in [0.15, 0.2) is 0 Å². The minimum absolute atomic E-state index is 0.0219. The minimum Gasteiger partial charge on any atom is -0.475 e. The van der Waals surface area contributed by atoms with Crippen LogP contribution < -0.4 is 0 Å². The van der Waals surface area contributed by atoms with Crippen molar-refractivity contribution in [2.75, 3.05) is 33.9 Å². The molecule has 3 heterocycles. The van der Waals surface area contributed by atoms with Crippen molar-refractivity contribution in [3.63, 3.8) is 0 Å². The molecule has 2 aromatic heterocycles. The molecule has 0 radical (unpaired) electrons. The molecule has 0 spiro atoms. The second kappa shape index (κ2) is 17.9. The van der Waals surface area contributed by atoms with E-state index in [9.17, 15) is 44.3 Å². The average Bonchev–Trinajstić information content (AvgIpc) is 3.29. The maximum Gasteiger partial charge on any atom is 0.490 e. The second-order valence-corrected chi connectivity index (χ2v) is 9.09. The third-order valence-corrected chi connectivity index (χ3v) is 5.18. The van der Waals surface area contributed by atoms with Crippen molar-refractivity contribution < 1.29 is 78.7 Å². The molecular formula is C24H28F9N5O8. The fourth-order valence-corrected chi connectivity index (χ4v) is 3.20. The van der Waals surface area contributed by atoms with E-state index in [2.05, 4.69) is 19.4 Å². The van der Waals surface area contributed by atoms with Crippen LogP contribution in [0.15, 0.2) is 30.7 Å². The van der Waals surface area contributed by atoms with Crippen molar-refractivity contribution in [1.82, 2.24) is 24.3 Å². The van der Waals surface area contributed by atoms with Gasteiger partial charge >= 0.3 is 36.4 Å². The molecule has 260 valence electrons. The lowest BCUT2D eigenvalue weighted by atomic mass is 9.99. The number of aliphatic carboxylic acids is 3. The fourth-order valence-electron chi connectivity index (χ4n) is 3.20. The van der Waals surface area contributed by atoms with E-state index in [1.807, 2.05) is 37.8 Å². The summed E-state index contributed by atoms with van der Waals surface area (Å²) in [5.74, 6) is -8.10. The molecule has 1 unspecified atom stereocenters. The van der Waals surface area contributed by atoms with Crippen molar-refractivity contribution in [2.45, 2.75) is 37.5 Å². The van der Waals surface area contributed by atoms with Crippen LogP contribution in [-0.4, -0.2) is 116 Å². The SMILES string of the molecule is CN(C)C(=O)COCC1CN(Cc2ccccn2)Cc2ncn(C)c21.O=C(O)C(F)(F)F.O=C(O)C(F)(F)F.O=C(O)C(F)(F)F. The number of likely N-dealkylation sites (N-methyl/N-ethyl adjacent to an activating group) is 1. The van der Waals surface area contributed by atoms with E-state index in [4.69, 9.17) is 34.4 Å². The summed E-state index contributed by atoms with van der Waals surface area (Å²) in [7, 11) is 5.48. The molecule has 22 heteroatoms. The number of hydrogen-bond donors (Lipinski definition) is 3. The van der Waals surface area contributed by atoms with Crippen LogP contribution in [0, 0.1) is 0 Å². The zero-order valence-corrected chi connectivity index (χ0v) is 24.0. The highest BCUT2D eigenvalue weighted by molar-refractivity contribution is 5.76. The highest BCUT2D eigenvalue weighted by Crippen LogP contribution is 2.28. The number of aryl methyl sites for hydroxylation is 1. The Balaban J connectivity index is 0.000000786. The number of nitrogens with zero attached hydrogens (tertiary/aromatic N) is 5. The average molecular weight is 685 g/mol. The summed E-state index contributed by atoms with van der Waals surface area (Å²) in [5.41, 5.74) is 3.33. The highest BCUT2D eigenvalue weighted by Gasteiger charge is 2.39. The highest BCUT2D eigenvalue weighted by atomic mass is 19.4. The summed E-state index contributed by atoms with van der Waals surface area (Å²) < 4.78 is 103. The molecule has 1 atom stereocenters. The van der Waals surface area contributed by atoms with Crippen LogP contribution in [0.1, 0.15) is 23.0 Å². The van der Waals surface area contributed by atoms with Gasteiger partial charge in [-0.3, -0.25) is 14.7 Å². The lowest BCUT2D eigenvalue weighted by Crippen LogP contribution is -2.36. The molecule has 13 nitrogen and oxygen atoms in total. The van der Waals surface area contributed by atoms with Crippen LogP contribution in [-0.2, 0) is 44.1 Å². The number of carbonyl (C=O) groups excluding carboxylic acids is 1. The Morgan fingerprint density at radius 3 is 1.76 bits per heavy atom. The molecule has 3 N–H and O–H groups in total. The number of alkyl halides is 9. The van der Waals surface area contributed by atoms with Gasteiger partial charge in [0.1, 0.15) is 6.61 Å². The second-order valence-electron chi connectivity index (χ2n) is 9.09. The van der Waals surface area contributed by atoms with Gasteiger partial charge in [-0.15, -0.1) is 0 Å². The van der Waals surface area contributed by atoms with Crippen LogP contribution in [0.4, 0.5) is 39.5 Å². The van der Waals surface area contributed by atoms with Crippen molar-refractivity contribution >= 4 is 23.8 Å². The van der Waals surface area contributed by atoms with Gasteiger partial charge in [-0.25, -0.2) is 19.4 Å².